The van der Waals surface area contributed by atoms with Gasteiger partial charge in [-0.15, -0.1) is 0 Å². The second-order valence-electron chi connectivity index (χ2n) is 4.40. The number of methoxy groups -OCH3 is 1. The van der Waals surface area contributed by atoms with Crippen LogP contribution in [0.25, 0.3) is 11.0 Å². The van der Waals surface area contributed by atoms with Gasteiger partial charge in [0, 0.05) is 5.39 Å². The summed E-state index contributed by atoms with van der Waals surface area (Å²) >= 11 is 0. The number of hydrogen-bond acceptors (Lipinski definition) is 6. The second kappa shape index (κ2) is 5.57. The Kier molecular flexibility index (Phi) is 3.99. The largest absolute Gasteiger partial charge is 0.475 e. The highest BCUT2D eigenvalue weighted by Gasteiger charge is 2.18. The highest BCUT2D eigenvalue weighted by atomic mass is 32.2. The first-order valence-corrected chi connectivity index (χ1v) is 7.66. The van der Waals surface area contributed by atoms with Crippen LogP contribution in [-0.2, 0) is 25.1 Å². The molecule has 0 saturated heterocycles. The van der Waals surface area contributed by atoms with Crippen molar-refractivity contribution in [3.63, 3.8) is 0 Å². The topological polar surface area (TPSA) is 111 Å². The van der Waals surface area contributed by atoms with Gasteiger partial charge in [-0.1, -0.05) is 6.07 Å². The summed E-state index contributed by atoms with van der Waals surface area (Å²) in [5.41, 5.74) is 0.783. The summed E-state index contributed by atoms with van der Waals surface area (Å²) in [4.78, 5) is 21.8. The number of carbonyl (C=O) groups excluding carboxylic acids is 1. The average molecular weight is 312 g/mol. The van der Waals surface area contributed by atoms with E-state index in [0.717, 1.165) is 7.11 Å². The van der Waals surface area contributed by atoms with Gasteiger partial charge in [-0.2, -0.15) is 0 Å². The number of carboxylic acids is 1. The minimum Gasteiger partial charge on any atom is -0.475 e. The fraction of sp³-hybridized carbons (Fsp3) is 0.231. The molecule has 2 aromatic rings. The SMILES string of the molecule is COC(=O)CS(=O)(=O)Cc1ccc2oc(C(=O)O)cc2c1. The Bertz CT molecular complexity index is 801. The van der Waals surface area contributed by atoms with E-state index in [1.165, 1.54) is 24.3 Å². The third-order valence-corrected chi connectivity index (χ3v) is 4.19. The summed E-state index contributed by atoms with van der Waals surface area (Å²) in [6.45, 7) is 0. The smallest absolute Gasteiger partial charge is 0.371 e. The molecule has 0 aliphatic carbocycles. The number of hydrogen-bond donors (Lipinski definition) is 1. The van der Waals surface area contributed by atoms with Crippen molar-refractivity contribution in [2.75, 3.05) is 12.9 Å². The number of sulfone groups is 1. The van der Waals surface area contributed by atoms with E-state index in [1.54, 1.807) is 0 Å². The Morgan fingerprint density at radius 2 is 2.00 bits per heavy atom. The quantitative estimate of drug-likeness (QED) is 0.826. The van der Waals surface area contributed by atoms with Gasteiger partial charge < -0.3 is 14.3 Å². The molecule has 8 heteroatoms. The zero-order chi connectivity index (χ0) is 15.6. The van der Waals surface area contributed by atoms with Crippen LogP contribution in [0, 0.1) is 0 Å². The Hall–Kier alpha value is -2.35. The van der Waals surface area contributed by atoms with Gasteiger partial charge in [0.05, 0.1) is 12.9 Å². The summed E-state index contributed by atoms with van der Waals surface area (Å²) in [5.74, 6) is -3.29. The first-order chi connectivity index (χ1) is 9.80. The van der Waals surface area contributed by atoms with Gasteiger partial charge in [0.25, 0.3) is 0 Å². The minimum absolute atomic E-state index is 0.223. The van der Waals surface area contributed by atoms with Crippen LogP contribution in [-0.4, -0.2) is 38.3 Å². The second-order valence-corrected chi connectivity index (χ2v) is 6.46. The lowest BCUT2D eigenvalue weighted by Gasteiger charge is -2.03. The summed E-state index contributed by atoms with van der Waals surface area (Å²) in [7, 11) is -2.53. The molecule has 2 rings (SSSR count). The molecule has 1 aromatic carbocycles. The first-order valence-electron chi connectivity index (χ1n) is 5.84. The minimum atomic E-state index is -3.65. The van der Waals surface area contributed by atoms with Crippen molar-refractivity contribution in [1.82, 2.24) is 0 Å². The number of furan rings is 1. The monoisotopic (exact) mass is 312 g/mol. The summed E-state index contributed by atoms with van der Waals surface area (Å²) in [5, 5.41) is 9.31. The van der Waals surface area contributed by atoms with Gasteiger partial charge in [0.15, 0.2) is 9.84 Å². The van der Waals surface area contributed by atoms with Gasteiger partial charge in [0.1, 0.15) is 11.3 Å². The number of aromatic carboxylic acids is 1. The maximum Gasteiger partial charge on any atom is 0.371 e. The maximum atomic E-state index is 11.8. The van der Waals surface area contributed by atoms with Gasteiger partial charge in [-0.25, -0.2) is 13.2 Å². The van der Waals surface area contributed by atoms with E-state index >= 15 is 0 Å². The summed E-state index contributed by atoms with van der Waals surface area (Å²) < 4.78 is 33.0. The van der Waals surface area contributed by atoms with Crippen LogP contribution in [0.3, 0.4) is 0 Å². The fourth-order valence-corrected chi connectivity index (χ4v) is 3.10. The lowest BCUT2D eigenvalue weighted by atomic mass is 10.2. The van der Waals surface area contributed by atoms with E-state index in [2.05, 4.69) is 4.74 Å². The van der Waals surface area contributed by atoms with Crippen LogP contribution in [0.15, 0.2) is 28.7 Å². The zero-order valence-electron chi connectivity index (χ0n) is 11.0. The highest BCUT2D eigenvalue weighted by Crippen LogP contribution is 2.22. The number of carboxylic acid groups (broad SMARTS) is 1. The number of esters is 1. The van der Waals surface area contributed by atoms with E-state index in [4.69, 9.17) is 9.52 Å². The molecule has 0 bridgehead atoms. The van der Waals surface area contributed by atoms with Crippen molar-refractivity contribution in [1.29, 1.82) is 0 Å². The molecule has 0 saturated carbocycles. The molecule has 112 valence electrons. The molecule has 0 spiro atoms. The number of carbonyl (C=O) groups is 2. The third-order valence-electron chi connectivity index (χ3n) is 2.74. The van der Waals surface area contributed by atoms with Crippen LogP contribution in [0.2, 0.25) is 0 Å². The maximum absolute atomic E-state index is 11.8. The molecule has 1 heterocycles. The Balaban J connectivity index is 2.27. The number of benzene rings is 1. The van der Waals surface area contributed by atoms with Crippen molar-refractivity contribution in [3.8, 4) is 0 Å². The van der Waals surface area contributed by atoms with Crippen molar-refractivity contribution < 1.29 is 32.3 Å². The molecule has 0 radical (unpaired) electrons. The van der Waals surface area contributed by atoms with Crippen LogP contribution < -0.4 is 0 Å². The number of ether oxygens (including phenoxy) is 1. The highest BCUT2D eigenvalue weighted by molar-refractivity contribution is 7.91. The van der Waals surface area contributed by atoms with Crippen LogP contribution in [0.5, 0.6) is 0 Å². The molecule has 21 heavy (non-hydrogen) atoms. The van der Waals surface area contributed by atoms with E-state index in [-0.39, 0.29) is 11.5 Å². The van der Waals surface area contributed by atoms with E-state index < -0.39 is 27.5 Å². The molecule has 0 amide bonds. The third kappa shape index (κ3) is 3.60. The van der Waals surface area contributed by atoms with Crippen LogP contribution >= 0.6 is 0 Å². The molecule has 0 atom stereocenters. The predicted molar refractivity (Wildman–Crippen MR) is 72.7 cm³/mol. The van der Waals surface area contributed by atoms with E-state index in [9.17, 15) is 18.0 Å². The predicted octanol–water partition coefficient (Wildman–Crippen LogP) is 1.22. The van der Waals surface area contributed by atoms with Crippen LogP contribution in [0.4, 0.5) is 0 Å². The Morgan fingerprint density at radius 1 is 1.29 bits per heavy atom. The normalized spacial score (nSPS) is 11.5. The van der Waals surface area contributed by atoms with Gasteiger partial charge in [0.2, 0.25) is 5.76 Å². The van der Waals surface area contributed by atoms with Crippen molar-refractivity contribution >= 4 is 32.7 Å². The molecule has 1 aromatic heterocycles. The van der Waals surface area contributed by atoms with Crippen molar-refractivity contribution in [2.24, 2.45) is 0 Å². The van der Waals surface area contributed by atoms with Gasteiger partial charge in [-0.05, 0) is 23.8 Å². The molecule has 0 aliphatic rings. The van der Waals surface area contributed by atoms with E-state index in [1.807, 2.05) is 0 Å². The number of rotatable bonds is 5. The lowest BCUT2D eigenvalue weighted by Crippen LogP contribution is -2.18. The van der Waals surface area contributed by atoms with E-state index in [0.29, 0.717) is 16.5 Å². The average Bonchev–Trinajstić information content (AvgIpc) is 2.80. The Morgan fingerprint density at radius 3 is 2.62 bits per heavy atom. The zero-order valence-corrected chi connectivity index (χ0v) is 11.8. The molecule has 0 fully saturated rings. The summed E-state index contributed by atoms with van der Waals surface area (Å²) in [6, 6.07) is 5.82. The molecule has 0 unspecified atom stereocenters. The van der Waals surface area contributed by atoms with Gasteiger partial charge in [-0.3, -0.25) is 4.79 Å². The summed E-state index contributed by atoms with van der Waals surface area (Å²) in [6.07, 6.45) is 0. The first kappa shape index (κ1) is 15.0. The van der Waals surface area contributed by atoms with Crippen molar-refractivity contribution in [3.05, 3.63) is 35.6 Å². The lowest BCUT2D eigenvalue weighted by molar-refractivity contribution is -0.137. The van der Waals surface area contributed by atoms with Crippen LogP contribution in [0.1, 0.15) is 16.1 Å². The molecule has 1 N–H and O–H groups in total. The van der Waals surface area contributed by atoms with Crippen molar-refractivity contribution in [2.45, 2.75) is 5.75 Å². The Labute approximate surface area is 120 Å². The molecular weight excluding hydrogens is 300 g/mol. The fourth-order valence-electron chi connectivity index (χ4n) is 1.83. The molecule has 0 aliphatic heterocycles. The number of fused-ring (bicyclic) bond motifs is 1. The molecule has 7 nitrogen and oxygen atoms in total. The molecular formula is C13H12O7S. The van der Waals surface area contributed by atoms with Gasteiger partial charge >= 0.3 is 11.9 Å². The standard InChI is InChI=1S/C13H12O7S/c1-19-12(14)7-21(17,18)6-8-2-3-10-9(4-8)5-11(20-10)13(15)16/h2-5H,6-7H2,1H3,(H,15,16).